The van der Waals surface area contributed by atoms with Crippen molar-refractivity contribution in [2.75, 3.05) is 25.1 Å². The number of carbonyl (C=O) groups excluding carboxylic acids is 2. The number of para-hydroxylation sites is 2. The molecule has 0 aliphatic heterocycles. The summed E-state index contributed by atoms with van der Waals surface area (Å²) < 4.78 is 5.80. The van der Waals surface area contributed by atoms with Crippen molar-refractivity contribution in [3.8, 4) is 5.75 Å². The lowest BCUT2D eigenvalue weighted by Gasteiger charge is -2.23. The molecular formula is C28H31N3O3S. The van der Waals surface area contributed by atoms with Gasteiger partial charge in [0.2, 0.25) is 0 Å². The Hall–Kier alpha value is -3.71. The molecule has 3 rings (SSSR count). The molecule has 3 aromatic carbocycles. The van der Waals surface area contributed by atoms with Crippen molar-refractivity contribution in [2.45, 2.75) is 20.3 Å². The summed E-state index contributed by atoms with van der Waals surface area (Å²) >= 11 is 5.50. The summed E-state index contributed by atoms with van der Waals surface area (Å²) in [5.74, 6) is 0.256. The molecule has 182 valence electrons. The topological polar surface area (TPSA) is 70.7 Å². The number of rotatable bonds is 9. The van der Waals surface area contributed by atoms with Gasteiger partial charge in [0.1, 0.15) is 5.75 Å². The van der Waals surface area contributed by atoms with Crippen LogP contribution in [0.15, 0.2) is 78.9 Å². The molecule has 2 amide bonds. The summed E-state index contributed by atoms with van der Waals surface area (Å²) in [5, 5.41) is 5.90. The molecule has 0 aromatic heterocycles. The molecule has 0 saturated carbocycles. The number of ether oxygens (including phenoxy) is 1. The zero-order chi connectivity index (χ0) is 25.2. The molecule has 0 radical (unpaired) electrons. The third-order valence-corrected chi connectivity index (χ3v) is 5.66. The quantitative estimate of drug-likeness (QED) is 0.421. The van der Waals surface area contributed by atoms with Gasteiger partial charge >= 0.3 is 0 Å². The van der Waals surface area contributed by atoms with Crippen molar-refractivity contribution in [1.82, 2.24) is 10.6 Å². The Labute approximate surface area is 212 Å². The summed E-state index contributed by atoms with van der Waals surface area (Å²) in [5.41, 5.74) is 2.62. The normalized spacial score (nSPS) is 10.5. The first kappa shape index (κ1) is 25.9. The van der Waals surface area contributed by atoms with Gasteiger partial charge in [-0.25, -0.2) is 0 Å². The monoisotopic (exact) mass is 489 g/mol. The largest absolute Gasteiger partial charge is 0.492 e. The Morgan fingerprint density at radius 2 is 1.51 bits per heavy atom. The molecule has 35 heavy (non-hydrogen) atoms. The van der Waals surface area contributed by atoms with Crippen molar-refractivity contribution in [1.29, 1.82) is 0 Å². The number of amides is 2. The number of carbonyl (C=O) groups is 2. The number of nitrogens with zero attached hydrogens (tertiary/aromatic N) is 1. The Morgan fingerprint density at radius 1 is 0.886 bits per heavy atom. The number of nitrogens with one attached hydrogen (secondary N) is 2. The van der Waals surface area contributed by atoms with E-state index in [4.69, 9.17) is 17.0 Å². The fourth-order valence-corrected chi connectivity index (χ4v) is 3.60. The molecule has 6 nitrogen and oxygen atoms in total. The fourth-order valence-electron chi connectivity index (χ4n) is 3.41. The molecule has 7 heteroatoms. The molecule has 0 heterocycles. The van der Waals surface area contributed by atoms with Gasteiger partial charge in [-0.2, -0.15) is 0 Å². The molecule has 0 unspecified atom stereocenters. The second-order valence-corrected chi connectivity index (χ2v) is 8.91. The number of thiocarbonyl (C=S) groups is 1. The Morgan fingerprint density at radius 3 is 2.23 bits per heavy atom. The standard InChI is InChI=1S/C28H31N3O3S/c1-20(2)19-34-25-16-10-8-14-23(25)27(33)30-28(35)31(3)24-15-9-7-13-22(24)26(32)29-18-17-21-11-5-4-6-12-21/h4-16,20H,17-19H2,1-3H3,(H,29,32)(H,30,33,35). The average molecular weight is 490 g/mol. The van der Waals surface area contributed by atoms with Gasteiger partial charge in [-0.1, -0.05) is 68.4 Å². The van der Waals surface area contributed by atoms with E-state index in [9.17, 15) is 9.59 Å². The fraction of sp³-hybridized carbons (Fsp3) is 0.250. The lowest BCUT2D eigenvalue weighted by atomic mass is 10.1. The summed E-state index contributed by atoms with van der Waals surface area (Å²) in [7, 11) is 1.72. The van der Waals surface area contributed by atoms with Gasteiger partial charge in [0.15, 0.2) is 5.11 Å². The highest BCUT2D eigenvalue weighted by Gasteiger charge is 2.20. The van der Waals surface area contributed by atoms with Crippen molar-refractivity contribution < 1.29 is 14.3 Å². The van der Waals surface area contributed by atoms with Crippen LogP contribution < -0.4 is 20.3 Å². The number of hydrogen-bond donors (Lipinski definition) is 2. The second-order valence-electron chi connectivity index (χ2n) is 8.53. The van der Waals surface area contributed by atoms with Crippen LogP contribution in [0.3, 0.4) is 0 Å². The lowest BCUT2D eigenvalue weighted by molar-refractivity contribution is 0.0952. The molecule has 0 bridgehead atoms. The maximum Gasteiger partial charge on any atom is 0.261 e. The molecule has 0 aliphatic carbocycles. The van der Waals surface area contributed by atoms with E-state index in [2.05, 4.69) is 10.6 Å². The third kappa shape index (κ3) is 7.39. The van der Waals surface area contributed by atoms with Gasteiger partial charge in [-0.05, 0) is 54.4 Å². The van der Waals surface area contributed by atoms with Crippen molar-refractivity contribution in [3.05, 3.63) is 95.6 Å². The van der Waals surface area contributed by atoms with Crippen LogP contribution in [0.5, 0.6) is 5.75 Å². The molecular weight excluding hydrogens is 458 g/mol. The molecule has 3 aromatic rings. The average Bonchev–Trinajstić information content (AvgIpc) is 2.87. The van der Waals surface area contributed by atoms with E-state index in [1.165, 1.54) is 0 Å². The SMILES string of the molecule is CC(C)COc1ccccc1C(=O)NC(=S)N(C)c1ccccc1C(=O)NCCc1ccccc1. The maximum absolute atomic E-state index is 13.0. The van der Waals surface area contributed by atoms with Crippen molar-refractivity contribution in [3.63, 3.8) is 0 Å². The van der Waals surface area contributed by atoms with E-state index in [0.717, 1.165) is 12.0 Å². The first-order valence-electron chi connectivity index (χ1n) is 11.6. The second kappa shape index (κ2) is 12.7. The van der Waals surface area contributed by atoms with Gasteiger partial charge in [-0.3, -0.25) is 14.9 Å². The van der Waals surface area contributed by atoms with Crippen LogP contribution in [-0.2, 0) is 6.42 Å². The minimum atomic E-state index is -0.369. The predicted molar refractivity (Wildman–Crippen MR) is 144 cm³/mol. The van der Waals surface area contributed by atoms with Gasteiger partial charge in [0.25, 0.3) is 11.8 Å². The zero-order valence-electron chi connectivity index (χ0n) is 20.3. The smallest absolute Gasteiger partial charge is 0.261 e. The molecule has 0 spiro atoms. The summed E-state index contributed by atoms with van der Waals surface area (Å²) in [6.45, 7) is 5.10. The van der Waals surface area contributed by atoms with Crippen LogP contribution in [0.1, 0.15) is 40.1 Å². The Balaban J connectivity index is 1.66. The summed E-state index contributed by atoms with van der Waals surface area (Å²) in [6, 6.07) is 24.2. The van der Waals surface area contributed by atoms with Gasteiger partial charge in [0.05, 0.1) is 23.4 Å². The van der Waals surface area contributed by atoms with Crippen molar-refractivity contribution in [2.24, 2.45) is 5.92 Å². The molecule has 0 saturated heterocycles. The molecule has 0 aliphatic rings. The highest BCUT2D eigenvalue weighted by atomic mass is 32.1. The summed E-state index contributed by atoms with van der Waals surface area (Å²) in [6.07, 6.45) is 0.733. The minimum Gasteiger partial charge on any atom is -0.492 e. The van der Waals surface area contributed by atoms with Crippen LogP contribution in [0.4, 0.5) is 5.69 Å². The van der Waals surface area contributed by atoms with E-state index in [1.807, 2.05) is 56.3 Å². The van der Waals surface area contributed by atoms with E-state index < -0.39 is 0 Å². The Kier molecular flexibility index (Phi) is 9.38. The third-order valence-electron chi connectivity index (χ3n) is 5.28. The van der Waals surface area contributed by atoms with E-state index >= 15 is 0 Å². The highest BCUT2D eigenvalue weighted by Crippen LogP contribution is 2.21. The van der Waals surface area contributed by atoms with Crippen molar-refractivity contribution >= 4 is 34.8 Å². The van der Waals surface area contributed by atoms with Gasteiger partial charge < -0.3 is 15.0 Å². The van der Waals surface area contributed by atoms with Crippen LogP contribution in [0, 0.1) is 5.92 Å². The van der Waals surface area contributed by atoms with E-state index in [0.29, 0.717) is 41.6 Å². The Bertz CT molecular complexity index is 1160. The maximum atomic E-state index is 13.0. The zero-order valence-corrected chi connectivity index (χ0v) is 21.1. The lowest BCUT2D eigenvalue weighted by Crippen LogP contribution is -2.41. The molecule has 2 N–H and O–H groups in total. The highest BCUT2D eigenvalue weighted by molar-refractivity contribution is 7.80. The van der Waals surface area contributed by atoms with Crippen LogP contribution in [-0.4, -0.2) is 37.1 Å². The van der Waals surface area contributed by atoms with Crippen LogP contribution in [0.25, 0.3) is 0 Å². The number of anilines is 1. The van der Waals surface area contributed by atoms with E-state index in [1.54, 1.807) is 48.3 Å². The van der Waals surface area contributed by atoms with Gasteiger partial charge in [0, 0.05) is 13.6 Å². The van der Waals surface area contributed by atoms with Crippen LogP contribution in [0.2, 0.25) is 0 Å². The predicted octanol–water partition coefficient (Wildman–Crippen LogP) is 4.85. The minimum absolute atomic E-state index is 0.179. The molecule has 0 fully saturated rings. The first-order chi connectivity index (χ1) is 16.9. The van der Waals surface area contributed by atoms with E-state index in [-0.39, 0.29) is 16.9 Å². The number of hydrogen-bond acceptors (Lipinski definition) is 4. The molecule has 0 atom stereocenters. The summed E-state index contributed by atoms with van der Waals surface area (Å²) in [4.78, 5) is 27.5. The first-order valence-corrected chi connectivity index (χ1v) is 12.0. The number of benzene rings is 3. The van der Waals surface area contributed by atoms with Gasteiger partial charge in [-0.15, -0.1) is 0 Å². The van der Waals surface area contributed by atoms with Crippen LogP contribution >= 0.6 is 12.2 Å².